The Morgan fingerprint density at radius 2 is 2.29 bits per heavy atom. The first-order chi connectivity index (χ1) is 8.00. The van der Waals surface area contributed by atoms with E-state index in [1.165, 1.54) is 16.2 Å². The molecular formula is C10H15N3O3S. The average Bonchev–Trinajstić information content (AvgIpc) is 2.74. The summed E-state index contributed by atoms with van der Waals surface area (Å²) in [5.41, 5.74) is 1.68. The zero-order valence-electron chi connectivity index (χ0n) is 9.71. The highest BCUT2D eigenvalue weighted by atomic mass is 32.1. The van der Waals surface area contributed by atoms with E-state index in [1.807, 2.05) is 0 Å². The highest BCUT2D eigenvalue weighted by Gasteiger charge is 2.19. The number of carbonyl (C=O) groups is 2. The molecule has 0 aliphatic rings. The lowest BCUT2D eigenvalue weighted by molar-refractivity contribution is -0.138. The zero-order chi connectivity index (χ0) is 12.8. The van der Waals surface area contributed by atoms with Crippen molar-refractivity contribution in [3.8, 4) is 0 Å². The van der Waals surface area contributed by atoms with Crippen LogP contribution in [-0.2, 0) is 11.3 Å². The van der Waals surface area contributed by atoms with Crippen LogP contribution in [0.15, 0.2) is 11.7 Å². The molecule has 0 saturated carbocycles. The van der Waals surface area contributed by atoms with Crippen LogP contribution in [-0.4, -0.2) is 39.6 Å². The quantitative estimate of drug-likeness (QED) is 0.829. The second-order valence-electron chi connectivity index (χ2n) is 3.74. The third-order valence-corrected chi connectivity index (χ3v) is 2.87. The van der Waals surface area contributed by atoms with E-state index in [2.05, 4.69) is 10.3 Å². The lowest BCUT2D eigenvalue weighted by Crippen LogP contribution is -2.46. The molecule has 0 fully saturated rings. The minimum atomic E-state index is -1.02. The second-order valence-corrected chi connectivity index (χ2v) is 4.71. The van der Waals surface area contributed by atoms with Gasteiger partial charge in [-0.15, -0.1) is 11.3 Å². The van der Waals surface area contributed by atoms with Gasteiger partial charge in [0.1, 0.15) is 6.54 Å². The molecule has 1 rings (SSSR count). The molecule has 94 valence electrons. The minimum Gasteiger partial charge on any atom is -0.480 e. The summed E-state index contributed by atoms with van der Waals surface area (Å²) < 4.78 is 0. The number of nitrogens with zero attached hydrogens (tertiary/aromatic N) is 2. The summed E-state index contributed by atoms with van der Waals surface area (Å²) in [6.45, 7) is 3.61. The Morgan fingerprint density at radius 1 is 1.59 bits per heavy atom. The lowest BCUT2D eigenvalue weighted by Gasteiger charge is -2.24. The summed E-state index contributed by atoms with van der Waals surface area (Å²) in [5.74, 6) is -1.02. The summed E-state index contributed by atoms with van der Waals surface area (Å²) in [6.07, 6.45) is 1.67. The fourth-order valence-corrected chi connectivity index (χ4v) is 1.76. The van der Waals surface area contributed by atoms with Gasteiger partial charge in [-0.3, -0.25) is 9.78 Å². The Bertz CT molecular complexity index is 378. The van der Waals surface area contributed by atoms with Crippen molar-refractivity contribution in [2.75, 3.05) is 6.54 Å². The number of aliphatic carboxylic acids is 1. The van der Waals surface area contributed by atoms with E-state index in [9.17, 15) is 9.59 Å². The van der Waals surface area contributed by atoms with Crippen molar-refractivity contribution in [2.45, 2.75) is 26.4 Å². The topological polar surface area (TPSA) is 82.5 Å². The number of carbonyl (C=O) groups excluding carboxylic acids is 1. The summed E-state index contributed by atoms with van der Waals surface area (Å²) in [7, 11) is 0. The van der Waals surface area contributed by atoms with Crippen molar-refractivity contribution in [2.24, 2.45) is 0 Å². The maximum Gasteiger partial charge on any atom is 0.323 e. The van der Waals surface area contributed by atoms with Gasteiger partial charge in [-0.25, -0.2) is 4.79 Å². The summed E-state index contributed by atoms with van der Waals surface area (Å²) in [6, 6.07) is -0.539. The molecule has 17 heavy (non-hydrogen) atoms. The number of nitrogens with one attached hydrogen (secondary N) is 1. The van der Waals surface area contributed by atoms with Crippen LogP contribution in [0.1, 0.15) is 18.7 Å². The van der Waals surface area contributed by atoms with Gasteiger partial charge in [0.2, 0.25) is 0 Å². The van der Waals surface area contributed by atoms with Gasteiger partial charge in [0, 0.05) is 17.1 Å². The normalized spacial score (nSPS) is 10.3. The van der Waals surface area contributed by atoms with E-state index < -0.39 is 5.97 Å². The number of hydrogen-bond donors (Lipinski definition) is 2. The summed E-state index contributed by atoms with van der Waals surface area (Å²) in [5, 5.41) is 11.4. The van der Waals surface area contributed by atoms with Gasteiger partial charge in [0.05, 0.1) is 12.1 Å². The van der Waals surface area contributed by atoms with Crippen molar-refractivity contribution in [3.05, 3.63) is 16.6 Å². The van der Waals surface area contributed by atoms with Crippen molar-refractivity contribution in [3.63, 3.8) is 0 Å². The van der Waals surface area contributed by atoms with Gasteiger partial charge < -0.3 is 15.3 Å². The molecule has 6 nitrogen and oxygen atoms in total. The number of urea groups is 1. The number of rotatable bonds is 5. The van der Waals surface area contributed by atoms with Crippen LogP contribution < -0.4 is 5.32 Å². The first kappa shape index (κ1) is 13.4. The summed E-state index contributed by atoms with van der Waals surface area (Å²) in [4.78, 5) is 28.5. The van der Waals surface area contributed by atoms with E-state index in [0.717, 1.165) is 4.88 Å². The number of amides is 2. The van der Waals surface area contributed by atoms with Crippen LogP contribution in [0.3, 0.4) is 0 Å². The summed E-state index contributed by atoms with van der Waals surface area (Å²) >= 11 is 1.44. The Hall–Kier alpha value is -1.63. The first-order valence-electron chi connectivity index (χ1n) is 5.14. The molecule has 0 atom stereocenters. The fourth-order valence-electron chi connectivity index (χ4n) is 1.23. The lowest BCUT2D eigenvalue weighted by atomic mass is 10.3. The van der Waals surface area contributed by atoms with Crippen LogP contribution in [0.25, 0.3) is 0 Å². The molecule has 0 radical (unpaired) electrons. The monoisotopic (exact) mass is 257 g/mol. The van der Waals surface area contributed by atoms with Gasteiger partial charge in [-0.1, -0.05) is 0 Å². The van der Waals surface area contributed by atoms with Crippen LogP contribution in [0.4, 0.5) is 4.79 Å². The average molecular weight is 257 g/mol. The predicted molar refractivity (Wildman–Crippen MR) is 63.8 cm³/mol. The SMILES string of the molecule is CC(C)N(CC(=O)O)C(=O)NCc1cncs1. The standard InChI is InChI=1S/C10H15N3O3S/c1-7(2)13(5-9(14)15)10(16)12-4-8-3-11-6-17-8/h3,6-7H,4-5H2,1-2H3,(H,12,16)(H,14,15). The fraction of sp³-hybridized carbons (Fsp3) is 0.500. The van der Waals surface area contributed by atoms with Gasteiger partial charge in [-0.2, -0.15) is 0 Å². The third-order valence-electron chi connectivity index (χ3n) is 2.09. The number of thiazole rings is 1. The van der Waals surface area contributed by atoms with Gasteiger partial charge in [-0.05, 0) is 13.8 Å². The number of carboxylic acid groups (broad SMARTS) is 1. The molecule has 2 amide bonds. The van der Waals surface area contributed by atoms with E-state index in [-0.39, 0.29) is 18.6 Å². The van der Waals surface area contributed by atoms with Crippen molar-refractivity contribution >= 4 is 23.3 Å². The Morgan fingerprint density at radius 3 is 2.76 bits per heavy atom. The molecule has 0 aromatic carbocycles. The molecular weight excluding hydrogens is 242 g/mol. The smallest absolute Gasteiger partial charge is 0.323 e. The predicted octanol–water partition coefficient (Wildman–Crippen LogP) is 1.15. The maximum atomic E-state index is 11.8. The Kier molecular flexibility index (Phi) is 4.89. The molecule has 0 unspecified atom stereocenters. The maximum absolute atomic E-state index is 11.8. The van der Waals surface area contributed by atoms with Crippen LogP contribution in [0.2, 0.25) is 0 Å². The van der Waals surface area contributed by atoms with Crippen molar-refractivity contribution < 1.29 is 14.7 Å². The molecule has 1 aromatic rings. The number of aromatic nitrogens is 1. The van der Waals surface area contributed by atoms with Gasteiger partial charge >= 0.3 is 12.0 Å². The molecule has 0 bridgehead atoms. The Balaban J connectivity index is 2.50. The highest BCUT2D eigenvalue weighted by molar-refractivity contribution is 7.09. The van der Waals surface area contributed by atoms with Crippen molar-refractivity contribution in [1.29, 1.82) is 0 Å². The van der Waals surface area contributed by atoms with Gasteiger partial charge in [0.15, 0.2) is 0 Å². The minimum absolute atomic E-state index is 0.160. The van der Waals surface area contributed by atoms with Crippen LogP contribution >= 0.6 is 11.3 Å². The second kappa shape index (κ2) is 6.19. The molecule has 2 N–H and O–H groups in total. The van der Waals surface area contributed by atoms with Gasteiger partial charge in [0.25, 0.3) is 0 Å². The largest absolute Gasteiger partial charge is 0.480 e. The Labute approximate surface area is 103 Å². The highest BCUT2D eigenvalue weighted by Crippen LogP contribution is 2.05. The molecule has 1 aromatic heterocycles. The molecule has 0 aliphatic carbocycles. The van der Waals surface area contributed by atoms with E-state index in [0.29, 0.717) is 6.54 Å². The first-order valence-corrected chi connectivity index (χ1v) is 6.02. The number of carboxylic acids is 1. The zero-order valence-corrected chi connectivity index (χ0v) is 10.5. The van der Waals surface area contributed by atoms with Crippen LogP contribution in [0, 0.1) is 0 Å². The number of hydrogen-bond acceptors (Lipinski definition) is 4. The third kappa shape index (κ3) is 4.39. The van der Waals surface area contributed by atoms with E-state index in [1.54, 1.807) is 25.6 Å². The van der Waals surface area contributed by atoms with E-state index in [4.69, 9.17) is 5.11 Å². The van der Waals surface area contributed by atoms with Crippen LogP contribution in [0.5, 0.6) is 0 Å². The molecule has 0 spiro atoms. The molecule has 0 aliphatic heterocycles. The molecule has 0 saturated heterocycles. The molecule has 7 heteroatoms. The molecule has 1 heterocycles. The van der Waals surface area contributed by atoms with Crippen molar-refractivity contribution in [1.82, 2.24) is 15.2 Å². The van der Waals surface area contributed by atoms with E-state index >= 15 is 0 Å².